The molecule has 0 nitrogen and oxygen atoms in total. The minimum atomic E-state index is 0.279. The van der Waals surface area contributed by atoms with Crippen LogP contribution in [0.1, 0.15) is 137 Å². The fraction of sp³-hybridized carbons (Fsp3) is 1.00. The maximum atomic E-state index is 2.43. The molecule has 0 amide bonds. The molecule has 0 atom stereocenters. The van der Waals surface area contributed by atoms with E-state index in [2.05, 4.69) is 34.6 Å². The number of rotatable bonds is 19. The molecular formula is C24H51P. The second kappa shape index (κ2) is 19.2. The van der Waals surface area contributed by atoms with E-state index in [1.807, 2.05) is 0 Å². The second-order valence-corrected chi connectivity index (χ2v) is 12.3. The van der Waals surface area contributed by atoms with Crippen LogP contribution in [0.3, 0.4) is 0 Å². The molecule has 0 saturated carbocycles. The van der Waals surface area contributed by atoms with Gasteiger partial charge in [-0.2, -0.15) is 0 Å². The summed E-state index contributed by atoms with van der Waals surface area (Å²) >= 11 is 0. The van der Waals surface area contributed by atoms with Gasteiger partial charge in [0.1, 0.15) is 0 Å². The van der Waals surface area contributed by atoms with Crippen molar-refractivity contribution in [3.8, 4) is 0 Å². The molecule has 0 aromatic rings. The third kappa shape index (κ3) is 17.6. The van der Waals surface area contributed by atoms with Gasteiger partial charge in [0.15, 0.2) is 0 Å². The lowest BCUT2D eigenvalue weighted by atomic mass is 10.0. The average Bonchev–Trinajstić information content (AvgIpc) is 2.57. The lowest BCUT2D eigenvalue weighted by molar-refractivity contribution is 0.531. The molecule has 0 aliphatic carbocycles. The minimum absolute atomic E-state index is 0.279. The van der Waals surface area contributed by atoms with Crippen LogP contribution in [0.4, 0.5) is 0 Å². The summed E-state index contributed by atoms with van der Waals surface area (Å²) in [5, 5.41) is 0. The van der Waals surface area contributed by atoms with Gasteiger partial charge in [0, 0.05) is 0 Å². The standard InChI is InChI=1S/C24H51P/c1-6-7-8-9-10-11-12-13-14-15-16-17-18-19-20-21-22-25(23(2)3)24(4)5/h23-24H,6-22H2,1-5H3. The van der Waals surface area contributed by atoms with Crippen molar-refractivity contribution < 1.29 is 0 Å². The smallest absolute Gasteiger partial charge is 0.0264 e. The van der Waals surface area contributed by atoms with Crippen LogP contribution in [0.15, 0.2) is 0 Å². The van der Waals surface area contributed by atoms with Gasteiger partial charge < -0.3 is 0 Å². The van der Waals surface area contributed by atoms with Crippen LogP contribution in [0, 0.1) is 0 Å². The number of hydrogen-bond acceptors (Lipinski definition) is 0. The summed E-state index contributed by atoms with van der Waals surface area (Å²) in [7, 11) is 0.279. The Morgan fingerprint density at radius 2 is 0.720 bits per heavy atom. The molecule has 0 spiro atoms. The van der Waals surface area contributed by atoms with Gasteiger partial charge in [-0.25, -0.2) is 0 Å². The van der Waals surface area contributed by atoms with Crippen LogP contribution < -0.4 is 0 Å². The summed E-state index contributed by atoms with van der Waals surface area (Å²) in [4.78, 5) is 0. The van der Waals surface area contributed by atoms with Crippen molar-refractivity contribution >= 4 is 7.92 Å². The molecule has 0 bridgehead atoms. The van der Waals surface area contributed by atoms with Crippen molar-refractivity contribution in [2.75, 3.05) is 6.16 Å². The van der Waals surface area contributed by atoms with Crippen LogP contribution in [0.25, 0.3) is 0 Å². The van der Waals surface area contributed by atoms with Crippen molar-refractivity contribution in [3.05, 3.63) is 0 Å². The summed E-state index contributed by atoms with van der Waals surface area (Å²) in [5.74, 6) is 0. The van der Waals surface area contributed by atoms with Crippen LogP contribution in [0.5, 0.6) is 0 Å². The largest absolute Gasteiger partial charge is 0.101 e. The Balaban J connectivity index is 3.19. The van der Waals surface area contributed by atoms with Gasteiger partial charge in [-0.15, -0.1) is 7.92 Å². The first-order valence-electron chi connectivity index (χ1n) is 11.8. The summed E-state index contributed by atoms with van der Waals surface area (Å²) in [6, 6.07) is 0. The molecule has 0 saturated heterocycles. The van der Waals surface area contributed by atoms with E-state index in [9.17, 15) is 0 Å². The van der Waals surface area contributed by atoms with E-state index >= 15 is 0 Å². The predicted octanol–water partition coefficient (Wildman–Crippen LogP) is 9.55. The topological polar surface area (TPSA) is 0 Å². The Kier molecular flexibility index (Phi) is 19.5. The molecule has 152 valence electrons. The quantitative estimate of drug-likeness (QED) is 0.157. The van der Waals surface area contributed by atoms with Gasteiger partial charge in [0.2, 0.25) is 0 Å². The van der Waals surface area contributed by atoms with E-state index < -0.39 is 0 Å². The van der Waals surface area contributed by atoms with Crippen molar-refractivity contribution in [1.82, 2.24) is 0 Å². The number of hydrogen-bond donors (Lipinski definition) is 0. The van der Waals surface area contributed by atoms with Crippen molar-refractivity contribution in [3.63, 3.8) is 0 Å². The molecule has 1 heteroatoms. The normalized spacial score (nSPS) is 12.0. The maximum Gasteiger partial charge on any atom is -0.0264 e. The van der Waals surface area contributed by atoms with Gasteiger partial charge in [-0.3, -0.25) is 0 Å². The van der Waals surface area contributed by atoms with Crippen molar-refractivity contribution in [1.29, 1.82) is 0 Å². The first-order chi connectivity index (χ1) is 12.1. The maximum absolute atomic E-state index is 2.43. The fourth-order valence-corrected chi connectivity index (χ4v) is 6.77. The molecule has 0 rings (SSSR count). The molecule has 0 aliphatic heterocycles. The molecule has 0 unspecified atom stereocenters. The molecule has 0 radical (unpaired) electrons. The van der Waals surface area contributed by atoms with E-state index in [1.165, 1.54) is 109 Å². The zero-order valence-corrected chi connectivity index (χ0v) is 19.5. The van der Waals surface area contributed by atoms with Gasteiger partial charge in [-0.05, 0) is 23.9 Å². The van der Waals surface area contributed by atoms with Crippen LogP contribution in [-0.4, -0.2) is 17.5 Å². The molecule has 0 aromatic carbocycles. The Hall–Kier alpha value is 0.430. The summed E-state index contributed by atoms with van der Waals surface area (Å²) in [6.07, 6.45) is 25.1. The SMILES string of the molecule is CCCCCCCCCCCCCCCCCCP(C(C)C)C(C)C. The van der Waals surface area contributed by atoms with E-state index in [4.69, 9.17) is 0 Å². The number of unbranched alkanes of at least 4 members (excludes halogenated alkanes) is 15. The van der Waals surface area contributed by atoms with Gasteiger partial charge in [0.25, 0.3) is 0 Å². The van der Waals surface area contributed by atoms with E-state index in [0.29, 0.717) is 0 Å². The zero-order valence-electron chi connectivity index (χ0n) is 18.6. The first kappa shape index (κ1) is 25.4. The highest BCUT2D eigenvalue weighted by Gasteiger charge is 2.15. The highest BCUT2D eigenvalue weighted by atomic mass is 31.1. The Morgan fingerprint density at radius 1 is 0.440 bits per heavy atom. The predicted molar refractivity (Wildman–Crippen MR) is 122 cm³/mol. The van der Waals surface area contributed by atoms with Crippen molar-refractivity contribution in [2.45, 2.75) is 149 Å². The van der Waals surface area contributed by atoms with Crippen LogP contribution in [-0.2, 0) is 0 Å². The van der Waals surface area contributed by atoms with E-state index in [-0.39, 0.29) is 7.92 Å². The highest BCUT2D eigenvalue weighted by Crippen LogP contribution is 2.46. The molecule has 25 heavy (non-hydrogen) atoms. The highest BCUT2D eigenvalue weighted by molar-refractivity contribution is 7.59. The fourth-order valence-electron chi connectivity index (χ4n) is 3.96. The van der Waals surface area contributed by atoms with E-state index in [0.717, 1.165) is 11.3 Å². The van der Waals surface area contributed by atoms with Gasteiger partial charge >= 0.3 is 0 Å². The molecular weight excluding hydrogens is 319 g/mol. The second-order valence-electron chi connectivity index (χ2n) is 8.73. The molecule has 0 heterocycles. The average molecular weight is 371 g/mol. The Bertz CT molecular complexity index is 238. The van der Waals surface area contributed by atoms with Crippen molar-refractivity contribution in [2.24, 2.45) is 0 Å². The van der Waals surface area contributed by atoms with Gasteiger partial charge in [0.05, 0.1) is 0 Å². The molecule has 0 N–H and O–H groups in total. The third-order valence-corrected chi connectivity index (χ3v) is 9.08. The Morgan fingerprint density at radius 3 is 1.00 bits per heavy atom. The van der Waals surface area contributed by atoms with E-state index in [1.54, 1.807) is 0 Å². The minimum Gasteiger partial charge on any atom is -0.101 e. The lowest BCUT2D eigenvalue weighted by Crippen LogP contribution is -2.06. The summed E-state index contributed by atoms with van der Waals surface area (Å²) < 4.78 is 0. The first-order valence-corrected chi connectivity index (χ1v) is 13.5. The molecule has 0 fully saturated rings. The van der Waals surface area contributed by atoms with Gasteiger partial charge in [-0.1, -0.05) is 131 Å². The van der Waals surface area contributed by atoms with Crippen LogP contribution in [0.2, 0.25) is 0 Å². The summed E-state index contributed by atoms with van der Waals surface area (Å²) in [5.41, 5.74) is 1.85. The zero-order chi connectivity index (χ0) is 18.8. The lowest BCUT2D eigenvalue weighted by Gasteiger charge is -2.25. The third-order valence-electron chi connectivity index (χ3n) is 5.60. The monoisotopic (exact) mass is 370 g/mol. The summed E-state index contributed by atoms with van der Waals surface area (Å²) in [6.45, 7) is 12.0. The molecule has 0 aromatic heterocycles. The van der Waals surface area contributed by atoms with Crippen LogP contribution >= 0.6 is 7.92 Å². The Labute approximate surface area is 163 Å². The molecule has 0 aliphatic rings.